The van der Waals surface area contributed by atoms with Crippen LogP contribution in [0, 0.1) is 0 Å². The highest BCUT2D eigenvalue weighted by atomic mass is 16.5. The van der Waals surface area contributed by atoms with E-state index in [0.29, 0.717) is 39.6 Å². The monoisotopic (exact) mass is 316 g/mol. The second-order valence-electron chi connectivity index (χ2n) is 5.44. The predicted molar refractivity (Wildman–Crippen MR) is 88.1 cm³/mol. The minimum absolute atomic E-state index is 0.250. The van der Waals surface area contributed by atoms with Gasteiger partial charge in [-0.25, -0.2) is 0 Å². The summed E-state index contributed by atoms with van der Waals surface area (Å²) in [4.78, 5) is 0. The van der Waals surface area contributed by atoms with Crippen LogP contribution in [0.1, 0.15) is 26.7 Å². The van der Waals surface area contributed by atoms with E-state index >= 15 is 0 Å². The maximum Gasteiger partial charge on any atom is 0.101 e. The summed E-state index contributed by atoms with van der Waals surface area (Å²) in [5.41, 5.74) is 2.22. The zero-order chi connectivity index (χ0) is 16.6. The van der Waals surface area contributed by atoms with Gasteiger partial charge in [-0.2, -0.15) is 0 Å². The minimum Gasteiger partial charge on any atom is -0.388 e. The van der Waals surface area contributed by atoms with E-state index in [0.717, 1.165) is 24.0 Å². The predicted octanol–water partition coefficient (Wildman–Crippen LogP) is 2.35. The van der Waals surface area contributed by atoms with Crippen molar-refractivity contribution in [3.8, 4) is 0 Å². The molecule has 0 aromatic heterocycles. The molecular formula is C17H32O5. The van der Waals surface area contributed by atoms with Gasteiger partial charge in [-0.3, -0.25) is 0 Å². The van der Waals surface area contributed by atoms with Gasteiger partial charge < -0.3 is 24.1 Å². The first-order chi connectivity index (χ1) is 10.5. The number of ether oxygens (including phenoxy) is 4. The molecule has 0 saturated heterocycles. The number of aliphatic hydroxyl groups excluding tert-OH is 1. The van der Waals surface area contributed by atoms with Crippen molar-refractivity contribution >= 4 is 0 Å². The van der Waals surface area contributed by atoms with Gasteiger partial charge in [0.1, 0.15) is 6.10 Å². The molecule has 0 radical (unpaired) electrons. The fourth-order valence-electron chi connectivity index (χ4n) is 1.42. The Labute approximate surface area is 134 Å². The summed E-state index contributed by atoms with van der Waals surface area (Å²) in [6.07, 6.45) is 1.11. The van der Waals surface area contributed by atoms with Crippen LogP contribution in [0.3, 0.4) is 0 Å². The van der Waals surface area contributed by atoms with Crippen LogP contribution in [0.5, 0.6) is 0 Å². The Balaban J connectivity index is 3.21. The summed E-state index contributed by atoms with van der Waals surface area (Å²) in [6, 6.07) is 0. The van der Waals surface area contributed by atoms with Gasteiger partial charge >= 0.3 is 0 Å². The molecule has 0 spiro atoms. The van der Waals surface area contributed by atoms with Crippen LogP contribution in [0.4, 0.5) is 0 Å². The van der Waals surface area contributed by atoms with Crippen molar-refractivity contribution in [3.63, 3.8) is 0 Å². The fraction of sp³-hybridized carbons (Fsp3) is 0.765. The summed E-state index contributed by atoms with van der Waals surface area (Å²) in [5, 5.41) is 9.65. The molecular weight excluding hydrogens is 284 g/mol. The zero-order valence-electron chi connectivity index (χ0n) is 14.1. The Morgan fingerprint density at radius 3 is 1.45 bits per heavy atom. The summed E-state index contributed by atoms with van der Waals surface area (Å²) < 4.78 is 21.3. The third-order valence-corrected chi connectivity index (χ3v) is 2.71. The van der Waals surface area contributed by atoms with Crippen molar-refractivity contribution in [1.29, 1.82) is 0 Å². The number of hydrogen-bond donors (Lipinski definition) is 1. The molecule has 0 heterocycles. The quantitative estimate of drug-likeness (QED) is 0.350. The molecule has 0 bridgehead atoms. The Morgan fingerprint density at radius 1 is 0.727 bits per heavy atom. The summed E-state index contributed by atoms with van der Waals surface area (Å²) in [5.74, 6) is 0. The van der Waals surface area contributed by atoms with Gasteiger partial charge in [-0.15, -0.1) is 13.2 Å². The Morgan fingerprint density at radius 2 is 1.09 bits per heavy atom. The molecule has 0 aliphatic rings. The molecule has 0 aliphatic heterocycles. The van der Waals surface area contributed by atoms with E-state index in [9.17, 15) is 5.11 Å². The van der Waals surface area contributed by atoms with Crippen molar-refractivity contribution in [2.45, 2.75) is 32.8 Å². The van der Waals surface area contributed by atoms with Crippen LogP contribution < -0.4 is 0 Å². The molecule has 0 aliphatic carbocycles. The molecule has 0 atom stereocenters. The molecule has 0 aromatic carbocycles. The molecule has 0 amide bonds. The highest BCUT2D eigenvalue weighted by Crippen LogP contribution is 1.96. The molecule has 0 fully saturated rings. The van der Waals surface area contributed by atoms with Gasteiger partial charge in [0.2, 0.25) is 0 Å². The lowest BCUT2D eigenvalue weighted by Crippen LogP contribution is -2.24. The molecule has 5 heteroatoms. The number of rotatable bonds is 16. The van der Waals surface area contributed by atoms with Crippen LogP contribution in [-0.4, -0.2) is 64.1 Å². The maximum absolute atomic E-state index is 9.65. The van der Waals surface area contributed by atoms with Crippen LogP contribution >= 0.6 is 0 Å². The van der Waals surface area contributed by atoms with E-state index in [1.807, 2.05) is 13.8 Å². The summed E-state index contributed by atoms with van der Waals surface area (Å²) in [7, 11) is 0. The number of hydrogen-bond acceptors (Lipinski definition) is 5. The molecule has 1 N–H and O–H groups in total. The van der Waals surface area contributed by atoms with Crippen LogP contribution in [-0.2, 0) is 18.9 Å². The second kappa shape index (κ2) is 15.2. The van der Waals surface area contributed by atoms with E-state index in [1.54, 1.807) is 0 Å². The highest BCUT2D eigenvalue weighted by Gasteiger charge is 2.04. The van der Waals surface area contributed by atoms with Gasteiger partial charge in [0.05, 0.1) is 52.9 Å². The lowest BCUT2D eigenvalue weighted by atomic mass is 10.3. The first kappa shape index (κ1) is 21.3. The molecule has 0 unspecified atom stereocenters. The standard InChI is InChI=1S/C17H32O5/c1-15(2)5-7-19-9-11-21-13-17(18)14-22-12-10-20-8-6-16(3)4/h17-18H,1,3,5-14H2,2,4H3. The minimum atomic E-state index is -0.620. The summed E-state index contributed by atoms with van der Waals surface area (Å²) >= 11 is 0. The molecule has 0 rings (SSSR count). The normalized spacial score (nSPS) is 11.1. The Bertz CT molecular complexity index is 263. The second-order valence-corrected chi connectivity index (χ2v) is 5.44. The lowest BCUT2D eigenvalue weighted by Gasteiger charge is -2.12. The summed E-state index contributed by atoms with van der Waals surface area (Å²) in [6.45, 7) is 15.4. The fourth-order valence-corrected chi connectivity index (χ4v) is 1.42. The van der Waals surface area contributed by atoms with E-state index in [-0.39, 0.29) is 13.2 Å². The van der Waals surface area contributed by atoms with E-state index in [1.165, 1.54) is 0 Å². The Kier molecular flexibility index (Phi) is 14.7. The molecule has 22 heavy (non-hydrogen) atoms. The van der Waals surface area contributed by atoms with Gasteiger partial charge in [-0.05, 0) is 26.7 Å². The first-order valence-corrected chi connectivity index (χ1v) is 7.80. The van der Waals surface area contributed by atoms with E-state index in [4.69, 9.17) is 18.9 Å². The van der Waals surface area contributed by atoms with Crippen molar-refractivity contribution in [3.05, 3.63) is 24.3 Å². The van der Waals surface area contributed by atoms with E-state index < -0.39 is 6.10 Å². The lowest BCUT2D eigenvalue weighted by molar-refractivity contribution is -0.0409. The molecule has 0 aromatic rings. The van der Waals surface area contributed by atoms with Gasteiger partial charge in [0, 0.05) is 0 Å². The van der Waals surface area contributed by atoms with Crippen LogP contribution in [0.25, 0.3) is 0 Å². The van der Waals surface area contributed by atoms with Crippen molar-refractivity contribution in [2.24, 2.45) is 0 Å². The van der Waals surface area contributed by atoms with Crippen LogP contribution in [0.2, 0.25) is 0 Å². The smallest absolute Gasteiger partial charge is 0.101 e. The zero-order valence-corrected chi connectivity index (χ0v) is 14.1. The molecule has 5 nitrogen and oxygen atoms in total. The Hall–Kier alpha value is -0.720. The third-order valence-electron chi connectivity index (χ3n) is 2.71. The van der Waals surface area contributed by atoms with E-state index in [2.05, 4.69) is 13.2 Å². The highest BCUT2D eigenvalue weighted by molar-refractivity contribution is 4.87. The largest absolute Gasteiger partial charge is 0.388 e. The molecule has 130 valence electrons. The SMILES string of the molecule is C=C(C)CCOCCOCC(O)COCCOCCC(=C)C. The average molecular weight is 316 g/mol. The van der Waals surface area contributed by atoms with Crippen molar-refractivity contribution in [2.75, 3.05) is 52.9 Å². The van der Waals surface area contributed by atoms with Crippen molar-refractivity contribution < 1.29 is 24.1 Å². The third kappa shape index (κ3) is 17.3. The number of aliphatic hydroxyl groups is 1. The van der Waals surface area contributed by atoms with Gasteiger partial charge in [-0.1, -0.05) is 11.1 Å². The topological polar surface area (TPSA) is 57.2 Å². The average Bonchev–Trinajstić information content (AvgIpc) is 2.44. The first-order valence-electron chi connectivity index (χ1n) is 7.80. The van der Waals surface area contributed by atoms with Gasteiger partial charge in [0.15, 0.2) is 0 Å². The molecule has 0 saturated carbocycles. The maximum atomic E-state index is 9.65. The van der Waals surface area contributed by atoms with Crippen molar-refractivity contribution in [1.82, 2.24) is 0 Å². The van der Waals surface area contributed by atoms with Gasteiger partial charge in [0.25, 0.3) is 0 Å². The van der Waals surface area contributed by atoms with Crippen LogP contribution in [0.15, 0.2) is 24.3 Å².